The summed E-state index contributed by atoms with van der Waals surface area (Å²) in [6.07, 6.45) is 2.61. The van der Waals surface area contributed by atoms with E-state index in [0.29, 0.717) is 11.8 Å². The van der Waals surface area contributed by atoms with E-state index in [2.05, 4.69) is 27.5 Å². The van der Waals surface area contributed by atoms with Crippen molar-refractivity contribution in [3.05, 3.63) is 11.8 Å². The smallest absolute Gasteiger partial charge is 0.230 e. The van der Waals surface area contributed by atoms with E-state index in [1.54, 1.807) is 0 Å². The molecular weight excluding hydrogens is 204 g/mol. The van der Waals surface area contributed by atoms with Crippen molar-refractivity contribution in [3.63, 3.8) is 0 Å². The zero-order valence-corrected chi connectivity index (χ0v) is 10.1. The third-order valence-corrected chi connectivity index (χ3v) is 2.94. The number of hydrogen-bond donors (Lipinski definition) is 1. The topological polar surface area (TPSA) is 54.2 Å². The van der Waals surface area contributed by atoms with Gasteiger partial charge in [0.15, 0.2) is 0 Å². The fraction of sp³-hybridized carbons (Fsp3) is 0.818. The maximum absolute atomic E-state index is 5.36. The Kier molecular flexibility index (Phi) is 3.90. The average Bonchev–Trinajstić information content (AvgIpc) is 2.65. The maximum atomic E-state index is 5.36. The van der Waals surface area contributed by atoms with Crippen LogP contribution in [0.15, 0.2) is 4.42 Å². The second kappa shape index (κ2) is 5.41. The molecular formula is C11H20N4O. The molecule has 0 radical (unpaired) electrons. The minimum atomic E-state index is 0.641. The van der Waals surface area contributed by atoms with E-state index >= 15 is 0 Å². The molecule has 2 heterocycles. The van der Waals surface area contributed by atoms with Crippen LogP contribution in [-0.4, -0.2) is 41.8 Å². The van der Waals surface area contributed by atoms with Crippen molar-refractivity contribution in [3.8, 4) is 0 Å². The van der Waals surface area contributed by atoms with Gasteiger partial charge in [-0.2, -0.15) is 0 Å². The molecule has 1 N–H and O–H groups in total. The molecule has 16 heavy (non-hydrogen) atoms. The molecule has 0 spiro atoms. The summed E-state index contributed by atoms with van der Waals surface area (Å²) < 4.78 is 5.36. The quantitative estimate of drug-likeness (QED) is 0.820. The van der Waals surface area contributed by atoms with E-state index in [1.165, 1.54) is 19.4 Å². The van der Waals surface area contributed by atoms with Crippen LogP contribution in [0.4, 0.5) is 0 Å². The molecule has 0 aromatic carbocycles. The summed E-state index contributed by atoms with van der Waals surface area (Å²) in [4.78, 5) is 2.25. The Hall–Kier alpha value is -0.940. The summed E-state index contributed by atoms with van der Waals surface area (Å²) in [5.74, 6) is 2.11. The lowest BCUT2D eigenvalue weighted by atomic mass is 9.99. The second-order valence-electron chi connectivity index (χ2n) is 4.62. The van der Waals surface area contributed by atoms with Gasteiger partial charge in [-0.1, -0.05) is 0 Å². The average molecular weight is 224 g/mol. The van der Waals surface area contributed by atoms with Crippen LogP contribution >= 0.6 is 0 Å². The van der Waals surface area contributed by atoms with Gasteiger partial charge in [-0.05, 0) is 38.9 Å². The van der Waals surface area contributed by atoms with Crippen molar-refractivity contribution in [1.82, 2.24) is 20.4 Å². The van der Waals surface area contributed by atoms with Gasteiger partial charge in [-0.3, -0.25) is 4.90 Å². The molecule has 2 rings (SSSR count). The van der Waals surface area contributed by atoms with Crippen molar-refractivity contribution in [2.24, 2.45) is 5.92 Å². The standard InChI is InChI=1S/C11H20N4O/c1-9-13-14-11(16-9)8-15(2)7-10-4-3-5-12-6-10/h10,12H,3-8H2,1-2H3. The van der Waals surface area contributed by atoms with Gasteiger partial charge >= 0.3 is 0 Å². The zero-order valence-electron chi connectivity index (χ0n) is 10.1. The van der Waals surface area contributed by atoms with Gasteiger partial charge in [-0.15, -0.1) is 10.2 Å². The molecule has 0 saturated carbocycles. The van der Waals surface area contributed by atoms with Crippen LogP contribution in [-0.2, 0) is 6.54 Å². The van der Waals surface area contributed by atoms with Gasteiger partial charge in [0.2, 0.25) is 11.8 Å². The highest BCUT2D eigenvalue weighted by Crippen LogP contribution is 2.12. The highest BCUT2D eigenvalue weighted by atomic mass is 16.4. The van der Waals surface area contributed by atoms with Crippen molar-refractivity contribution in [1.29, 1.82) is 0 Å². The predicted molar refractivity (Wildman–Crippen MR) is 61.0 cm³/mol. The largest absolute Gasteiger partial charge is 0.424 e. The van der Waals surface area contributed by atoms with Crippen LogP contribution in [0, 0.1) is 12.8 Å². The van der Waals surface area contributed by atoms with E-state index in [0.717, 1.165) is 25.6 Å². The number of aromatic nitrogens is 2. The minimum Gasteiger partial charge on any atom is -0.424 e. The van der Waals surface area contributed by atoms with E-state index in [4.69, 9.17) is 4.42 Å². The molecule has 1 fully saturated rings. The van der Waals surface area contributed by atoms with Gasteiger partial charge in [0.1, 0.15) is 0 Å². The van der Waals surface area contributed by atoms with Gasteiger partial charge < -0.3 is 9.73 Å². The predicted octanol–water partition coefficient (Wildman–Crippen LogP) is 0.809. The monoisotopic (exact) mass is 224 g/mol. The number of aryl methyl sites for hydroxylation is 1. The third kappa shape index (κ3) is 3.28. The van der Waals surface area contributed by atoms with Gasteiger partial charge in [-0.25, -0.2) is 0 Å². The number of hydrogen-bond acceptors (Lipinski definition) is 5. The second-order valence-corrected chi connectivity index (χ2v) is 4.62. The van der Waals surface area contributed by atoms with E-state index in [9.17, 15) is 0 Å². The molecule has 0 amide bonds. The normalized spacial score (nSPS) is 21.6. The number of piperidine rings is 1. The summed E-state index contributed by atoms with van der Waals surface area (Å²) in [5, 5.41) is 11.3. The maximum Gasteiger partial charge on any atom is 0.230 e. The lowest BCUT2D eigenvalue weighted by Crippen LogP contribution is -2.36. The Morgan fingerprint density at radius 1 is 1.50 bits per heavy atom. The lowest BCUT2D eigenvalue weighted by Gasteiger charge is -2.26. The molecule has 1 aliphatic heterocycles. The number of nitrogens with zero attached hydrogens (tertiary/aromatic N) is 3. The van der Waals surface area contributed by atoms with E-state index in [-0.39, 0.29) is 0 Å². The first-order valence-electron chi connectivity index (χ1n) is 5.92. The first-order chi connectivity index (χ1) is 7.74. The SMILES string of the molecule is Cc1nnc(CN(C)CC2CCCNC2)o1. The van der Waals surface area contributed by atoms with E-state index < -0.39 is 0 Å². The lowest BCUT2D eigenvalue weighted by molar-refractivity contribution is 0.220. The van der Waals surface area contributed by atoms with Gasteiger partial charge in [0.05, 0.1) is 6.54 Å². The van der Waals surface area contributed by atoms with Gasteiger partial charge in [0.25, 0.3) is 0 Å². The Bertz CT molecular complexity index is 320. The molecule has 1 atom stereocenters. The fourth-order valence-electron chi connectivity index (χ4n) is 2.22. The van der Waals surface area contributed by atoms with Crippen LogP contribution in [0.2, 0.25) is 0 Å². The molecule has 5 heteroatoms. The van der Waals surface area contributed by atoms with Crippen LogP contribution in [0.5, 0.6) is 0 Å². The van der Waals surface area contributed by atoms with Gasteiger partial charge in [0, 0.05) is 13.5 Å². The molecule has 1 aliphatic rings. The fourth-order valence-corrected chi connectivity index (χ4v) is 2.22. The summed E-state index contributed by atoms with van der Waals surface area (Å²) in [5.41, 5.74) is 0. The van der Waals surface area contributed by atoms with Crippen LogP contribution in [0.1, 0.15) is 24.6 Å². The van der Waals surface area contributed by atoms with E-state index in [1.807, 2.05) is 6.92 Å². The van der Waals surface area contributed by atoms with Crippen LogP contribution in [0.3, 0.4) is 0 Å². The summed E-state index contributed by atoms with van der Waals surface area (Å²) in [7, 11) is 2.11. The summed E-state index contributed by atoms with van der Waals surface area (Å²) in [6.45, 7) is 5.96. The molecule has 1 aromatic heterocycles. The van der Waals surface area contributed by atoms with Crippen LogP contribution < -0.4 is 5.32 Å². The molecule has 0 bridgehead atoms. The summed E-state index contributed by atoms with van der Waals surface area (Å²) >= 11 is 0. The molecule has 90 valence electrons. The molecule has 0 aliphatic carbocycles. The van der Waals surface area contributed by atoms with Crippen molar-refractivity contribution >= 4 is 0 Å². The first kappa shape index (κ1) is 11.5. The Morgan fingerprint density at radius 2 is 2.38 bits per heavy atom. The number of rotatable bonds is 4. The van der Waals surface area contributed by atoms with Crippen molar-refractivity contribution in [2.45, 2.75) is 26.3 Å². The Labute approximate surface area is 96.2 Å². The molecule has 1 aromatic rings. The first-order valence-corrected chi connectivity index (χ1v) is 5.92. The molecule has 1 unspecified atom stereocenters. The Morgan fingerprint density at radius 3 is 3.00 bits per heavy atom. The highest BCUT2D eigenvalue weighted by Gasteiger charge is 2.16. The third-order valence-electron chi connectivity index (χ3n) is 2.94. The molecule has 5 nitrogen and oxygen atoms in total. The van der Waals surface area contributed by atoms with Crippen LogP contribution in [0.25, 0.3) is 0 Å². The highest BCUT2D eigenvalue weighted by molar-refractivity contribution is 4.80. The molecule has 1 saturated heterocycles. The van der Waals surface area contributed by atoms with Crippen molar-refractivity contribution in [2.75, 3.05) is 26.7 Å². The minimum absolute atomic E-state index is 0.641. The Balaban J connectivity index is 1.77. The summed E-state index contributed by atoms with van der Waals surface area (Å²) in [6, 6.07) is 0. The number of nitrogens with one attached hydrogen (secondary N) is 1. The zero-order chi connectivity index (χ0) is 11.4. The van der Waals surface area contributed by atoms with Crippen molar-refractivity contribution < 1.29 is 4.42 Å².